The van der Waals surface area contributed by atoms with E-state index in [2.05, 4.69) is 52.0 Å². The van der Waals surface area contributed by atoms with Crippen LogP contribution in [-0.2, 0) is 0 Å². The first-order valence-corrected chi connectivity index (χ1v) is 8.27. The quantitative estimate of drug-likeness (QED) is 0.711. The Morgan fingerprint density at radius 2 is 1.09 bits per heavy atom. The molecule has 0 bridgehead atoms. The van der Waals surface area contributed by atoms with Crippen LogP contribution in [0.5, 0.6) is 0 Å². The van der Waals surface area contributed by atoms with Crippen LogP contribution in [0, 0.1) is 0 Å². The normalized spacial score (nSPS) is 13.8. The van der Waals surface area contributed by atoms with Gasteiger partial charge in [0.1, 0.15) is 0 Å². The highest BCUT2D eigenvalue weighted by molar-refractivity contribution is 5.71. The van der Waals surface area contributed by atoms with Crippen molar-refractivity contribution in [2.45, 2.75) is 52.4 Å². The first-order valence-electron chi connectivity index (χ1n) is 8.27. The van der Waals surface area contributed by atoms with E-state index in [-0.39, 0.29) is 0 Å². The van der Waals surface area contributed by atoms with Gasteiger partial charge in [0.05, 0.1) is 0 Å². The lowest BCUT2D eigenvalue weighted by Gasteiger charge is -2.17. The molecule has 2 aromatic rings. The van der Waals surface area contributed by atoms with Crippen LogP contribution in [0.1, 0.15) is 63.5 Å². The standard InChI is InChI=1S/C20H28N2/c1-5-13(3)17-11-15(7-9-19(17)21)16-8-10-20(22)18(12-16)14(4)6-2/h7-14H,5-6,21-22H2,1-4H3. The van der Waals surface area contributed by atoms with Gasteiger partial charge in [0.2, 0.25) is 0 Å². The second-order valence-electron chi connectivity index (χ2n) is 6.31. The third-order valence-electron chi connectivity index (χ3n) is 4.79. The summed E-state index contributed by atoms with van der Waals surface area (Å²) in [6, 6.07) is 12.7. The molecule has 2 heteroatoms. The van der Waals surface area contributed by atoms with Gasteiger partial charge in [-0.25, -0.2) is 0 Å². The molecule has 0 fully saturated rings. The lowest BCUT2D eigenvalue weighted by atomic mass is 9.90. The van der Waals surface area contributed by atoms with Gasteiger partial charge in [-0.3, -0.25) is 0 Å². The molecule has 2 aromatic carbocycles. The zero-order valence-electron chi connectivity index (χ0n) is 14.2. The fourth-order valence-electron chi connectivity index (χ4n) is 2.80. The SMILES string of the molecule is CCC(C)c1cc(-c2ccc(N)c(C(C)CC)c2)ccc1N. The van der Waals surface area contributed by atoms with Crippen LogP contribution in [-0.4, -0.2) is 0 Å². The molecule has 0 amide bonds. The zero-order valence-corrected chi connectivity index (χ0v) is 14.2. The molecule has 0 saturated heterocycles. The maximum absolute atomic E-state index is 6.15. The van der Waals surface area contributed by atoms with E-state index in [1.54, 1.807) is 0 Å². The summed E-state index contributed by atoms with van der Waals surface area (Å²) < 4.78 is 0. The highest BCUT2D eigenvalue weighted by Crippen LogP contribution is 2.33. The van der Waals surface area contributed by atoms with Crippen LogP contribution in [0.2, 0.25) is 0 Å². The highest BCUT2D eigenvalue weighted by Gasteiger charge is 2.12. The molecule has 2 rings (SSSR count). The molecule has 0 heterocycles. The van der Waals surface area contributed by atoms with Crippen LogP contribution in [0.25, 0.3) is 11.1 Å². The van der Waals surface area contributed by atoms with E-state index in [1.807, 2.05) is 12.1 Å². The molecule has 118 valence electrons. The minimum atomic E-state index is 0.475. The van der Waals surface area contributed by atoms with Crippen molar-refractivity contribution in [3.05, 3.63) is 47.5 Å². The van der Waals surface area contributed by atoms with E-state index in [1.165, 1.54) is 22.3 Å². The predicted molar refractivity (Wildman–Crippen MR) is 98.1 cm³/mol. The molecule has 0 aliphatic rings. The van der Waals surface area contributed by atoms with Gasteiger partial charge in [-0.05, 0) is 71.2 Å². The first kappa shape index (κ1) is 16.4. The summed E-state index contributed by atoms with van der Waals surface area (Å²) in [6.07, 6.45) is 2.18. The van der Waals surface area contributed by atoms with Crippen molar-refractivity contribution in [1.82, 2.24) is 0 Å². The van der Waals surface area contributed by atoms with Gasteiger partial charge in [0.25, 0.3) is 0 Å². The van der Waals surface area contributed by atoms with Gasteiger partial charge >= 0.3 is 0 Å². The lowest BCUT2D eigenvalue weighted by Crippen LogP contribution is -2.00. The van der Waals surface area contributed by atoms with Crippen LogP contribution in [0.15, 0.2) is 36.4 Å². The second-order valence-corrected chi connectivity index (χ2v) is 6.31. The smallest absolute Gasteiger partial charge is 0.0349 e. The fourth-order valence-corrected chi connectivity index (χ4v) is 2.80. The molecular weight excluding hydrogens is 268 g/mol. The maximum atomic E-state index is 6.15. The molecule has 0 aliphatic heterocycles. The average Bonchev–Trinajstić information content (AvgIpc) is 2.54. The third-order valence-corrected chi connectivity index (χ3v) is 4.79. The van der Waals surface area contributed by atoms with Gasteiger partial charge in [0.15, 0.2) is 0 Å². The molecule has 0 aliphatic carbocycles. The molecule has 0 radical (unpaired) electrons. The minimum absolute atomic E-state index is 0.475. The van der Waals surface area contributed by atoms with Gasteiger partial charge in [-0.15, -0.1) is 0 Å². The fraction of sp³-hybridized carbons (Fsp3) is 0.400. The number of nitrogen functional groups attached to an aromatic ring is 2. The van der Waals surface area contributed by atoms with Crippen molar-refractivity contribution in [2.24, 2.45) is 0 Å². The van der Waals surface area contributed by atoms with E-state index < -0.39 is 0 Å². The molecule has 0 saturated carbocycles. The summed E-state index contributed by atoms with van der Waals surface area (Å²) in [4.78, 5) is 0. The molecule has 22 heavy (non-hydrogen) atoms. The number of hydrogen-bond donors (Lipinski definition) is 2. The van der Waals surface area contributed by atoms with Gasteiger partial charge in [-0.1, -0.05) is 39.8 Å². The number of nitrogens with two attached hydrogens (primary N) is 2. The van der Waals surface area contributed by atoms with Crippen LogP contribution >= 0.6 is 0 Å². The monoisotopic (exact) mass is 296 g/mol. The van der Waals surface area contributed by atoms with Crippen molar-refractivity contribution in [1.29, 1.82) is 0 Å². The van der Waals surface area contributed by atoms with E-state index in [9.17, 15) is 0 Å². The Morgan fingerprint density at radius 1 is 0.727 bits per heavy atom. The Labute approximate surface area is 134 Å². The average molecular weight is 296 g/mol. The van der Waals surface area contributed by atoms with Crippen molar-refractivity contribution in [2.75, 3.05) is 11.5 Å². The molecule has 4 N–H and O–H groups in total. The maximum Gasteiger partial charge on any atom is 0.0349 e. The summed E-state index contributed by atoms with van der Waals surface area (Å²) in [5.41, 5.74) is 19.0. The molecule has 2 unspecified atom stereocenters. The molecule has 0 aromatic heterocycles. The van der Waals surface area contributed by atoms with Gasteiger partial charge in [0, 0.05) is 11.4 Å². The minimum Gasteiger partial charge on any atom is -0.398 e. The Bertz CT molecular complexity index is 589. The van der Waals surface area contributed by atoms with Crippen molar-refractivity contribution < 1.29 is 0 Å². The van der Waals surface area contributed by atoms with E-state index >= 15 is 0 Å². The summed E-state index contributed by atoms with van der Waals surface area (Å²) in [5.74, 6) is 0.950. The largest absolute Gasteiger partial charge is 0.398 e. The number of rotatable bonds is 5. The third kappa shape index (κ3) is 3.27. The Kier molecular flexibility index (Phi) is 5.12. The Hall–Kier alpha value is -1.96. The van der Waals surface area contributed by atoms with Crippen molar-refractivity contribution in [3.63, 3.8) is 0 Å². The molecule has 0 spiro atoms. The van der Waals surface area contributed by atoms with Crippen LogP contribution < -0.4 is 11.5 Å². The Balaban J connectivity index is 2.48. The number of benzene rings is 2. The summed E-state index contributed by atoms with van der Waals surface area (Å²) in [5, 5.41) is 0. The second kappa shape index (κ2) is 6.87. The summed E-state index contributed by atoms with van der Waals surface area (Å²) in [7, 11) is 0. The first-order chi connectivity index (χ1) is 10.5. The predicted octanol–water partition coefficient (Wildman–Crippen LogP) is 5.55. The molecular formula is C20H28N2. The lowest BCUT2D eigenvalue weighted by molar-refractivity contribution is 0.735. The Morgan fingerprint density at radius 3 is 1.41 bits per heavy atom. The van der Waals surface area contributed by atoms with Crippen LogP contribution in [0.4, 0.5) is 11.4 Å². The molecule has 2 nitrogen and oxygen atoms in total. The van der Waals surface area contributed by atoms with E-state index in [4.69, 9.17) is 11.5 Å². The number of anilines is 2. The highest BCUT2D eigenvalue weighted by atomic mass is 14.6. The van der Waals surface area contributed by atoms with Crippen molar-refractivity contribution in [3.8, 4) is 11.1 Å². The van der Waals surface area contributed by atoms with E-state index in [0.717, 1.165) is 24.2 Å². The zero-order chi connectivity index (χ0) is 16.3. The topological polar surface area (TPSA) is 52.0 Å². The van der Waals surface area contributed by atoms with E-state index in [0.29, 0.717) is 11.8 Å². The van der Waals surface area contributed by atoms with Gasteiger partial charge < -0.3 is 11.5 Å². The van der Waals surface area contributed by atoms with Crippen molar-refractivity contribution >= 4 is 11.4 Å². The number of hydrogen-bond acceptors (Lipinski definition) is 2. The summed E-state index contributed by atoms with van der Waals surface area (Å²) in [6.45, 7) is 8.84. The van der Waals surface area contributed by atoms with Crippen LogP contribution in [0.3, 0.4) is 0 Å². The summed E-state index contributed by atoms with van der Waals surface area (Å²) >= 11 is 0. The molecule has 2 atom stereocenters. The van der Waals surface area contributed by atoms with Gasteiger partial charge in [-0.2, -0.15) is 0 Å².